The first kappa shape index (κ1) is 21.7. The van der Waals surface area contributed by atoms with Gasteiger partial charge >= 0.3 is 0 Å². The van der Waals surface area contributed by atoms with Crippen LogP contribution in [-0.2, 0) is 13.0 Å². The highest BCUT2D eigenvalue weighted by Gasteiger charge is 2.30. The molecule has 31 heavy (non-hydrogen) atoms. The molecule has 0 amide bonds. The number of ether oxygens (including phenoxy) is 3. The Hall–Kier alpha value is -2.51. The Morgan fingerprint density at radius 1 is 1.06 bits per heavy atom. The Balaban J connectivity index is 1.59. The fourth-order valence-corrected chi connectivity index (χ4v) is 4.42. The van der Waals surface area contributed by atoms with Crippen LogP contribution in [0.4, 0.5) is 0 Å². The van der Waals surface area contributed by atoms with E-state index in [9.17, 15) is 0 Å². The van der Waals surface area contributed by atoms with Crippen molar-refractivity contribution in [1.82, 2.24) is 15.5 Å². The molecule has 0 spiro atoms. The van der Waals surface area contributed by atoms with E-state index in [-0.39, 0.29) is 6.04 Å². The minimum atomic E-state index is 0.161. The predicted molar refractivity (Wildman–Crippen MR) is 126 cm³/mol. The zero-order valence-electron chi connectivity index (χ0n) is 18.4. The molecule has 1 unspecified atom stereocenters. The first-order chi connectivity index (χ1) is 15.1. The molecule has 0 radical (unpaired) electrons. The van der Waals surface area contributed by atoms with Gasteiger partial charge in [-0.05, 0) is 72.4 Å². The molecule has 1 aliphatic carbocycles. The van der Waals surface area contributed by atoms with E-state index in [2.05, 4.69) is 39.8 Å². The van der Waals surface area contributed by atoms with Crippen molar-refractivity contribution in [2.24, 2.45) is 0 Å². The number of hydrogen-bond acceptors (Lipinski definition) is 5. The van der Waals surface area contributed by atoms with Crippen LogP contribution in [0, 0.1) is 0 Å². The topological polar surface area (TPSA) is 55.0 Å². The van der Waals surface area contributed by atoms with Crippen molar-refractivity contribution in [2.75, 3.05) is 34.4 Å². The Morgan fingerprint density at radius 2 is 1.84 bits per heavy atom. The van der Waals surface area contributed by atoms with Crippen molar-refractivity contribution in [3.63, 3.8) is 0 Å². The van der Waals surface area contributed by atoms with Crippen molar-refractivity contribution < 1.29 is 14.2 Å². The third kappa shape index (κ3) is 5.22. The summed E-state index contributed by atoms with van der Waals surface area (Å²) in [6, 6.07) is 13.2. The molecule has 0 aromatic heterocycles. The lowest BCUT2D eigenvalue weighted by Gasteiger charge is -2.38. The molecular weight excluding hydrogens is 410 g/mol. The summed E-state index contributed by atoms with van der Waals surface area (Å²) >= 11 is 5.52. The van der Waals surface area contributed by atoms with Crippen molar-refractivity contribution in [3.05, 3.63) is 53.1 Å². The number of nitrogens with one attached hydrogen (secondary N) is 2. The minimum absolute atomic E-state index is 0.161. The van der Waals surface area contributed by atoms with Crippen LogP contribution in [0.3, 0.4) is 0 Å². The second-order valence-corrected chi connectivity index (χ2v) is 8.53. The molecule has 1 aliphatic heterocycles. The van der Waals surface area contributed by atoms with Crippen LogP contribution < -0.4 is 24.8 Å². The Kier molecular flexibility index (Phi) is 6.83. The standard InChI is InChI=1S/C24H31N3O3S/c1-28-19-6-4-5-16(11-19)15-27-10-9-17-12-22(29-2)23(30-3)13-20(17)21(27)14-25-24(31)26-18-7-8-18/h4-6,11-13,18,21H,7-10,14-15H2,1-3H3,(H2,25,26,31). The summed E-state index contributed by atoms with van der Waals surface area (Å²) in [5.41, 5.74) is 3.79. The highest BCUT2D eigenvalue weighted by atomic mass is 32.1. The van der Waals surface area contributed by atoms with Gasteiger partial charge in [0.2, 0.25) is 0 Å². The van der Waals surface area contributed by atoms with Crippen molar-refractivity contribution in [3.8, 4) is 17.2 Å². The van der Waals surface area contributed by atoms with E-state index in [1.807, 2.05) is 12.1 Å². The highest BCUT2D eigenvalue weighted by molar-refractivity contribution is 7.80. The smallest absolute Gasteiger partial charge is 0.166 e. The van der Waals surface area contributed by atoms with E-state index in [0.29, 0.717) is 6.04 Å². The molecule has 1 saturated carbocycles. The van der Waals surface area contributed by atoms with Crippen molar-refractivity contribution >= 4 is 17.3 Å². The highest BCUT2D eigenvalue weighted by Crippen LogP contribution is 2.38. The number of hydrogen-bond donors (Lipinski definition) is 2. The van der Waals surface area contributed by atoms with E-state index in [0.717, 1.165) is 48.4 Å². The maximum absolute atomic E-state index is 5.60. The summed E-state index contributed by atoms with van der Waals surface area (Å²) in [4.78, 5) is 2.50. The van der Waals surface area contributed by atoms with Crippen LogP contribution in [0.2, 0.25) is 0 Å². The summed E-state index contributed by atoms with van der Waals surface area (Å²) < 4.78 is 16.6. The maximum atomic E-state index is 5.60. The lowest BCUT2D eigenvalue weighted by atomic mass is 9.91. The second-order valence-electron chi connectivity index (χ2n) is 8.12. The largest absolute Gasteiger partial charge is 0.497 e. The third-order valence-corrected chi connectivity index (χ3v) is 6.26. The summed E-state index contributed by atoms with van der Waals surface area (Å²) in [5.74, 6) is 2.42. The molecule has 166 valence electrons. The summed E-state index contributed by atoms with van der Waals surface area (Å²) in [6.45, 7) is 2.51. The number of rotatable bonds is 8. The van der Waals surface area contributed by atoms with E-state index in [1.165, 1.54) is 29.5 Å². The Labute approximate surface area is 189 Å². The lowest BCUT2D eigenvalue weighted by molar-refractivity contribution is 0.176. The van der Waals surface area contributed by atoms with Gasteiger partial charge in [-0.15, -0.1) is 0 Å². The lowest BCUT2D eigenvalue weighted by Crippen LogP contribution is -2.44. The predicted octanol–water partition coefficient (Wildman–Crippen LogP) is 3.44. The zero-order chi connectivity index (χ0) is 21.8. The fraction of sp³-hybridized carbons (Fsp3) is 0.458. The molecule has 1 atom stereocenters. The molecule has 1 heterocycles. The van der Waals surface area contributed by atoms with Gasteiger partial charge in [-0.2, -0.15) is 0 Å². The van der Waals surface area contributed by atoms with Gasteiger partial charge < -0.3 is 24.8 Å². The van der Waals surface area contributed by atoms with Gasteiger partial charge in [-0.25, -0.2) is 0 Å². The van der Waals surface area contributed by atoms with Crippen LogP contribution in [-0.4, -0.2) is 50.5 Å². The monoisotopic (exact) mass is 441 g/mol. The Morgan fingerprint density at radius 3 is 2.55 bits per heavy atom. The van der Waals surface area contributed by atoms with Crippen LogP contribution in [0.15, 0.2) is 36.4 Å². The minimum Gasteiger partial charge on any atom is -0.497 e. The zero-order valence-corrected chi connectivity index (χ0v) is 19.3. The van der Waals surface area contributed by atoms with Gasteiger partial charge in [0.05, 0.1) is 27.4 Å². The molecule has 2 aromatic rings. The van der Waals surface area contributed by atoms with Crippen molar-refractivity contribution in [2.45, 2.75) is 37.9 Å². The van der Waals surface area contributed by atoms with Crippen LogP contribution in [0.25, 0.3) is 0 Å². The van der Waals surface area contributed by atoms with Crippen LogP contribution in [0.5, 0.6) is 17.2 Å². The number of methoxy groups -OCH3 is 3. The van der Waals surface area contributed by atoms with Gasteiger partial charge in [0.15, 0.2) is 16.6 Å². The maximum Gasteiger partial charge on any atom is 0.166 e. The summed E-state index contributed by atoms with van der Waals surface area (Å²) in [6.07, 6.45) is 3.36. The molecule has 4 rings (SSSR count). The molecule has 7 heteroatoms. The quantitative estimate of drug-likeness (QED) is 0.609. The van der Waals surface area contributed by atoms with Crippen LogP contribution >= 0.6 is 12.2 Å². The SMILES string of the molecule is COc1cccc(CN2CCc3cc(OC)c(OC)cc3C2CNC(=S)NC2CC2)c1. The number of benzene rings is 2. The first-order valence-electron chi connectivity index (χ1n) is 10.8. The molecule has 1 fully saturated rings. The molecule has 0 bridgehead atoms. The van der Waals surface area contributed by atoms with E-state index < -0.39 is 0 Å². The number of thiocarbonyl (C=S) groups is 1. The van der Waals surface area contributed by atoms with Crippen molar-refractivity contribution in [1.29, 1.82) is 0 Å². The molecule has 6 nitrogen and oxygen atoms in total. The number of nitrogens with zero attached hydrogens (tertiary/aromatic N) is 1. The summed E-state index contributed by atoms with van der Waals surface area (Å²) in [5, 5.41) is 7.56. The van der Waals surface area contributed by atoms with Gasteiger partial charge in [-0.3, -0.25) is 4.90 Å². The average Bonchev–Trinajstić information content (AvgIpc) is 3.61. The molecule has 0 saturated heterocycles. The van der Waals surface area contributed by atoms with Crippen LogP contribution in [0.1, 0.15) is 35.6 Å². The van der Waals surface area contributed by atoms with E-state index >= 15 is 0 Å². The second kappa shape index (κ2) is 9.75. The first-order valence-corrected chi connectivity index (χ1v) is 11.2. The van der Waals surface area contributed by atoms with Gasteiger partial charge in [0, 0.05) is 25.7 Å². The normalized spacial score (nSPS) is 18.1. The molecule has 2 aliphatic rings. The third-order valence-electron chi connectivity index (χ3n) is 6.00. The fourth-order valence-electron chi connectivity index (χ4n) is 4.17. The number of fused-ring (bicyclic) bond motifs is 1. The molecular formula is C24H31N3O3S. The Bertz CT molecular complexity index is 932. The molecule has 2 N–H and O–H groups in total. The van der Waals surface area contributed by atoms with Gasteiger partial charge in [0.1, 0.15) is 5.75 Å². The molecule has 2 aromatic carbocycles. The van der Waals surface area contributed by atoms with Gasteiger partial charge in [-0.1, -0.05) is 12.1 Å². The average molecular weight is 442 g/mol. The van der Waals surface area contributed by atoms with E-state index in [4.69, 9.17) is 26.4 Å². The summed E-state index contributed by atoms with van der Waals surface area (Å²) in [7, 11) is 5.07. The van der Waals surface area contributed by atoms with E-state index in [1.54, 1.807) is 21.3 Å². The van der Waals surface area contributed by atoms with Gasteiger partial charge in [0.25, 0.3) is 0 Å².